The van der Waals surface area contributed by atoms with E-state index in [9.17, 15) is 5.11 Å². The molecule has 1 aromatic carbocycles. The first-order chi connectivity index (χ1) is 7.68. The molecule has 2 heteroatoms. The largest absolute Gasteiger partial charge is 0.398 e. The van der Waals surface area contributed by atoms with Crippen LogP contribution in [0.3, 0.4) is 0 Å². The topological polar surface area (TPSA) is 46.2 Å². The summed E-state index contributed by atoms with van der Waals surface area (Å²) < 4.78 is 0. The molecule has 1 atom stereocenters. The van der Waals surface area contributed by atoms with Crippen LogP contribution < -0.4 is 5.73 Å². The van der Waals surface area contributed by atoms with E-state index in [2.05, 4.69) is 0 Å². The Kier molecular flexibility index (Phi) is 2.93. The molecule has 0 aliphatic heterocycles. The monoisotopic (exact) mass is 213 g/mol. The lowest BCUT2D eigenvalue weighted by atomic mass is 9.95. The molecule has 0 saturated carbocycles. The van der Waals surface area contributed by atoms with Gasteiger partial charge in [0.05, 0.1) is 6.10 Å². The quantitative estimate of drug-likeness (QED) is 0.751. The maximum Gasteiger partial charge on any atom is 0.0995 e. The summed E-state index contributed by atoms with van der Waals surface area (Å²) in [5.74, 6) is 0. The third-order valence-electron chi connectivity index (χ3n) is 2.70. The minimum Gasteiger partial charge on any atom is -0.398 e. The van der Waals surface area contributed by atoms with Crippen LogP contribution in [0.2, 0.25) is 0 Å². The number of hydrogen-bond donors (Lipinski definition) is 2. The van der Waals surface area contributed by atoms with E-state index in [1.807, 2.05) is 49.4 Å². The summed E-state index contributed by atoms with van der Waals surface area (Å²) in [6.07, 6.45) is 4.92. The van der Waals surface area contributed by atoms with Crippen LogP contribution in [-0.2, 0) is 0 Å². The zero-order valence-corrected chi connectivity index (χ0v) is 9.22. The zero-order chi connectivity index (χ0) is 11.5. The van der Waals surface area contributed by atoms with E-state index in [1.54, 1.807) is 6.08 Å². The van der Waals surface area contributed by atoms with E-state index in [1.165, 1.54) is 0 Å². The number of aliphatic hydroxyl groups is 1. The van der Waals surface area contributed by atoms with Crippen molar-refractivity contribution in [2.24, 2.45) is 5.73 Å². The molecule has 0 radical (unpaired) electrons. The summed E-state index contributed by atoms with van der Waals surface area (Å²) in [6, 6.07) is 9.86. The molecule has 0 fully saturated rings. The van der Waals surface area contributed by atoms with E-state index in [4.69, 9.17) is 5.73 Å². The van der Waals surface area contributed by atoms with Crippen molar-refractivity contribution in [2.75, 3.05) is 0 Å². The molecule has 2 nitrogen and oxygen atoms in total. The molecule has 0 aromatic heterocycles. The van der Waals surface area contributed by atoms with E-state index < -0.39 is 6.10 Å². The second kappa shape index (κ2) is 4.37. The van der Waals surface area contributed by atoms with Crippen LogP contribution in [0, 0.1) is 0 Å². The maximum absolute atomic E-state index is 9.85. The molecule has 0 bridgehead atoms. The Balaban J connectivity index is 2.41. The number of rotatable bonds is 1. The van der Waals surface area contributed by atoms with Crippen molar-refractivity contribution in [2.45, 2.75) is 13.0 Å². The highest BCUT2D eigenvalue weighted by atomic mass is 16.3. The second-order valence-corrected chi connectivity index (χ2v) is 3.91. The summed E-state index contributed by atoms with van der Waals surface area (Å²) in [6.45, 7) is 1.94. The zero-order valence-electron chi connectivity index (χ0n) is 9.22. The smallest absolute Gasteiger partial charge is 0.0995 e. The van der Waals surface area contributed by atoms with Gasteiger partial charge in [-0.05, 0) is 24.1 Å². The normalized spacial score (nSPS) is 22.9. The highest BCUT2D eigenvalue weighted by Crippen LogP contribution is 2.23. The van der Waals surface area contributed by atoms with Gasteiger partial charge >= 0.3 is 0 Å². The molecule has 0 amide bonds. The molecular weight excluding hydrogens is 198 g/mol. The molecule has 2 rings (SSSR count). The number of aliphatic hydroxyl groups excluding tert-OH is 1. The van der Waals surface area contributed by atoms with Crippen molar-refractivity contribution in [1.29, 1.82) is 0 Å². The summed E-state index contributed by atoms with van der Waals surface area (Å²) in [7, 11) is 0. The van der Waals surface area contributed by atoms with Crippen LogP contribution in [0.25, 0.3) is 6.08 Å². The van der Waals surface area contributed by atoms with Crippen molar-refractivity contribution in [3.8, 4) is 0 Å². The van der Waals surface area contributed by atoms with Gasteiger partial charge in [-0.3, -0.25) is 0 Å². The van der Waals surface area contributed by atoms with Gasteiger partial charge in [0, 0.05) is 11.3 Å². The maximum atomic E-state index is 9.85. The highest BCUT2D eigenvalue weighted by Gasteiger charge is 2.15. The minimum atomic E-state index is -0.607. The Hall–Kier alpha value is -1.80. The molecule has 82 valence electrons. The van der Waals surface area contributed by atoms with Crippen molar-refractivity contribution >= 4 is 6.08 Å². The standard InChI is InChI=1S/C14H15NO/c1-10-7-8-13(16)12(14(10)15)9-11-5-3-2-4-6-11/h2-9,13,16H,15H2,1H3. The summed E-state index contributed by atoms with van der Waals surface area (Å²) in [4.78, 5) is 0. The van der Waals surface area contributed by atoms with E-state index in [-0.39, 0.29) is 0 Å². The molecule has 1 aliphatic carbocycles. The number of allylic oxidation sites excluding steroid dienone is 2. The summed E-state index contributed by atoms with van der Waals surface area (Å²) in [5.41, 5.74) is 9.43. The third kappa shape index (κ3) is 2.07. The van der Waals surface area contributed by atoms with Gasteiger partial charge in [0.25, 0.3) is 0 Å². The summed E-state index contributed by atoms with van der Waals surface area (Å²) >= 11 is 0. The molecule has 0 heterocycles. The van der Waals surface area contributed by atoms with E-state index in [0.717, 1.165) is 16.7 Å². The Morgan fingerprint density at radius 3 is 2.62 bits per heavy atom. The molecule has 0 saturated heterocycles. The summed E-state index contributed by atoms with van der Waals surface area (Å²) in [5, 5.41) is 9.85. The van der Waals surface area contributed by atoms with Crippen LogP contribution >= 0.6 is 0 Å². The van der Waals surface area contributed by atoms with Gasteiger partial charge in [-0.2, -0.15) is 0 Å². The first-order valence-electron chi connectivity index (χ1n) is 5.28. The minimum absolute atomic E-state index is 0.607. The van der Waals surface area contributed by atoms with Crippen molar-refractivity contribution in [1.82, 2.24) is 0 Å². The Bertz CT molecular complexity index is 469. The Morgan fingerprint density at radius 2 is 1.94 bits per heavy atom. The molecule has 1 unspecified atom stereocenters. The fraction of sp³-hybridized carbons (Fsp3) is 0.143. The lowest BCUT2D eigenvalue weighted by Crippen LogP contribution is -2.18. The van der Waals surface area contributed by atoms with Gasteiger partial charge in [0.2, 0.25) is 0 Å². The van der Waals surface area contributed by atoms with E-state index in [0.29, 0.717) is 5.70 Å². The molecule has 1 aromatic rings. The third-order valence-corrected chi connectivity index (χ3v) is 2.70. The molecule has 1 aliphatic rings. The van der Waals surface area contributed by atoms with Gasteiger partial charge in [-0.25, -0.2) is 0 Å². The molecule has 16 heavy (non-hydrogen) atoms. The lowest BCUT2D eigenvalue weighted by Gasteiger charge is -2.18. The lowest BCUT2D eigenvalue weighted by molar-refractivity contribution is 0.261. The van der Waals surface area contributed by atoms with E-state index >= 15 is 0 Å². The molecular formula is C14H15NO. The van der Waals surface area contributed by atoms with Crippen LogP contribution in [0.15, 0.2) is 59.3 Å². The van der Waals surface area contributed by atoms with Crippen LogP contribution in [0.1, 0.15) is 12.5 Å². The molecule has 0 spiro atoms. The van der Waals surface area contributed by atoms with Crippen LogP contribution in [0.5, 0.6) is 0 Å². The van der Waals surface area contributed by atoms with Gasteiger partial charge in [-0.1, -0.05) is 42.5 Å². The van der Waals surface area contributed by atoms with Gasteiger partial charge < -0.3 is 10.8 Å². The average molecular weight is 213 g/mol. The fourth-order valence-electron chi connectivity index (χ4n) is 1.71. The number of nitrogens with two attached hydrogens (primary N) is 1. The van der Waals surface area contributed by atoms with Crippen LogP contribution in [0.4, 0.5) is 0 Å². The first kappa shape index (κ1) is 10.7. The SMILES string of the molecule is CC1=C(N)C(=Cc2ccccc2)C(O)C=C1. The molecule has 3 N–H and O–H groups in total. The Morgan fingerprint density at radius 1 is 1.25 bits per heavy atom. The number of hydrogen-bond acceptors (Lipinski definition) is 2. The average Bonchev–Trinajstić information content (AvgIpc) is 2.31. The van der Waals surface area contributed by atoms with Crippen molar-refractivity contribution < 1.29 is 5.11 Å². The van der Waals surface area contributed by atoms with Crippen LogP contribution in [-0.4, -0.2) is 11.2 Å². The predicted octanol–water partition coefficient (Wildman–Crippen LogP) is 2.23. The van der Waals surface area contributed by atoms with Gasteiger partial charge in [0.1, 0.15) is 0 Å². The second-order valence-electron chi connectivity index (χ2n) is 3.91. The first-order valence-corrected chi connectivity index (χ1v) is 5.28. The van der Waals surface area contributed by atoms with Crippen molar-refractivity contribution in [3.05, 3.63) is 64.9 Å². The Labute approximate surface area is 95.4 Å². The fourth-order valence-corrected chi connectivity index (χ4v) is 1.71. The van der Waals surface area contributed by atoms with Gasteiger partial charge in [0.15, 0.2) is 0 Å². The highest BCUT2D eigenvalue weighted by molar-refractivity contribution is 5.62. The number of benzene rings is 1. The van der Waals surface area contributed by atoms with Crippen molar-refractivity contribution in [3.63, 3.8) is 0 Å². The predicted molar refractivity (Wildman–Crippen MR) is 66.5 cm³/mol. The van der Waals surface area contributed by atoms with Gasteiger partial charge in [-0.15, -0.1) is 0 Å².